The van der Waals surface area contributed by atoms with Crippen molar-refractivity contribution in [3.05, 3.63) is 54.2 Å². The van der Waals surface area contributed by atoms with Crippen LogP contribution in [0, 0.1) is 6.92 Å². The Labute approximate surface area is 153 Å². The molecule has 26 heavy (non-hydrogen) atoms. The van der Waals surface area contributed by atoms with Crippen molar-refractivity contribution < 1.29 is 9.47 Å². The highest BCUT2D eigenvalue weighted by Crippen LogP contribution is 2.24. The Morgan fingerprint density at radius 3 is 3.04 bits per heavy atom. The van der Waals surface area contributed by atoms with E-state index in [9.17, 15) is 0 Å². The van der Waals surface area contributed by atoms with Gasteiger partial charge in [-0.2, -0.15) is 5.10 Å². The second-order valence-corrected chi connectivity index (χ2v) is 6.80. The number of aryl methyl sites for hydroxylation is 2. The molecule has 1 aromatic carbocycles. The average Bonchev–Trinajstić information content (AvgIpc) is 3.35. The van der Waals surface area contributed by atoms with E-state index in [2.05, 4.69) is 26.8 Å². The van der Waals surface area contributed by atoms with E-state index >= 15 is 0 Å². The number of hydrogen-bond donors (Lipinski definition) is 0. The summed E-state index contributed by atoms with van der Waals surface area (Å²) in [7, 11) is 1.94. The molecule has 0 radical (unpaired) electrons. The molecule has 136 valence electrons. The molecule has 0 amide bonds. The van der Waals surface area contributed by atoms with E-state index in [-0.39, 0.29) is 6.10 Å². The largest absolute Gasteiger partial charge is 0.491 e. The molecule has 1 saturated heterocycles. The van der Waals surface area contributed by atoms with Gasteiger partial charge in [-0.3, -0.25) is 4.68 Å². The van der Waals surface area contributed by atoms with Crippen molar-refractivity contribution in [1.29, 1.82) is 0 Å². The number of nitrogens with zero attached hydrogens (tertiary/aromatic N) is 4. The van der Waals surface area contributed by atoms with Gasteiger partial charge < -0.3 is 14.0 Å². The van der Waals surface area contributed by atoms with Crippen LogP contribution in [-0.4, -0.2) is 38.6 Å². The molecule has 1 aliphatic heterocycles. The molecule has 2 aromatic heterocycles. The quantitative estimate of drug-likeness (QED) is 0.684. The summed E-state index contributed by atoms with van der Waals surface area (Å²) in [6.07, 6.45) is 8.23. The maximum absolute atomic E-state index is 5.92. The SMILES string of the molecule is Cc1nn(C)cc1-c1cncn1Cc1cccc(OC[C@@H]2CCCO2)c1. The molecule has 1 atom stereocenters. The zero-order valence-electron chi connectivity index (χ0n) is 15.3. The topological polar surface area (TPSA) is 54.1 Å². The molecule has 4 rings (SSSR count). The molecule has 1 fully saturated rings. The number of ether oxygens (including phenoxy) is 2. The van der Waals surface area contributed by atoms with Crippen LogP contribution in [0.3, 0.4) is 0 Å². The summed E-state index contributed by atoms with van der Waals surface area (Å²) in [5.41, 5.74) is 4.36. The van der Waals surface area contributed by atoms with E-state index in [0.29, 0.717) is 6.61 Å². The first-order valence-corrected chi connectivity index (χ1v) is 9.03. The van der Waals surface area contributed by atoms with Gasteiger partial charge in [-0.1, -0.05) is 12.1 Å². The predicted octanol–water partition coefficient (Wildman–Crippen LogP) is 3.20. The first kappa shape index (κ1) is 16.8. The van der Waals surface area contributed by atoms with Gasteiger partial charge in [0.2, 0.25) is 0 Å². The minimum absolute atomic E-state index is 0.229. The minimum Gasteiger partial charge on any atom is -0.491 e. The lowest BCUT2D eigenvalue weighted by atomic mass is 10.1. The molecule has 0 unspecified atom stereocenters. The number of benzene rings is 1. The summed E-state index contributed by atoms with van der Waals surface area (Å²) in [6, 6.07) is 8.23. The summed E-state index contributed by atoms with van der Waals surface area (Å²) in [6.45, 7) is 4.23. The maximum Gasteiger partial charge on any atom is 0.119 e. The third-order valence-corrected chi connectivity index (χ3v) is 4.71. The smallest absolute Gasteiger partial charge is 0.119 e. The standard InChI is InChI=1S/C20H24N4O2/c1-15-19(12-23(2)22-15)20-10-21-14-24(20)11-16-5-3-6-17(9-16)26-13-18-7-4-8-25-18/h3,5-6,9-10,12,14,18H,4,7-8,11,13H2,1-2H3/t18-/m0/s1. The van der Waals surface area contributed by atoms with Gasteiger partial charge >= 0.3 is 0 Å². The van der Waals surface area contributed by atoms with Crippen LogP contribution in [-0.2, 0) is 18.3 Å². The van der Waals surface area contributed by atoms with E-state index in [0.717, 1.165) is 48.7 Å². The maximum atomic E-state index is 5.92. The van der Waals surface area contributed by atoms with Crippen LogP contribution in [0.15, 0.2) is 43.0 Å². The van der Waals surface area contributed by atoms with Crippen LogP contribution >= 0.6 is 0 Å². The second kappa shape index (κ2) is 7.33. The van der Waals surface area contributed by atoms with Crippen molar-refractivity contribution in [3.63, 3.8) is 0 Å². The van der Waals surface area contributed by atoms with Gasteiger partial charge in [0.15, 0.2) is 0 Å². The lowest BCUT2D eigenvalue weighted by molar-refractivity contribution is 0.0679. The van der Waals surface area contributed by atoms with Gasteiger partial charge in [-0.15, -0.1) is 0 Å². The van der Waals surface area contributed by atoms with Gasteiger partial charge in [-0.05, 0) is 37.5 Å². The molecule has 3 aromatic rings. The highest BCUT2D eigenvalue weighted by atomic mass is 16.5. The lowest BCUT2D eigenvalue weighted by Crippen LogP contribution is -2.16. The summed E-state index contributed by atoms with van der Waals surface area (Å²) >= 11 is 0. The normalized spacial score (nSPS) is 16.9. The minimum atomic E-state index is 0.229. The van der Waals surface area contributed by atoms with Crippen molar-refractivity contribution in [2.75, 3.05) is 13.2 Å². The Kier molecular flexibility index (Phi) is 4.75. The summed E-state index contributed by atoms with van der Waals surface area (Å²) in [5, 5.41) is 4.44. The summed E-state index contributed by atoms with van der Waals surface area (Å²) in [5.74, 6) is 0.886. The van der Waals surface area contributed by atoms with Crippen LogP contribution in [0.25, 0.3) is 11.3 Å². The molecule has 0 saturated carbocycles. The molecule has 0 N–H and O–H groups in total. The van der Waals surface area contributed by atoms with E-state index < -0.39 is 0 Å². The van der Waals surface area contributed by atoms with E-state index in [1.54, 1.807) is 0 Å². The zero-order chi connectivity index (χ0) is 17.9. The van der Waals surface area contributed by atoms with Gasteiger partial charge in [-0.25, -0.2) is 4.98 Å². The number of rotatable bonds is 6. The Balaban J connectivity index is 1.49. The average molecular weight is 352 g/mol. The number of hydrogen-bond acceptors (Lipinski definition) is 4. The predicted molar refractivity (Wildman–Crippen MR) is 99.2 cm³/mol. The molecule has 0 bridgehead atoms. The van der Waals surface area contributed by atoms with Crippen LogP contribution in [0.2, 0.25) is 0 Å². The van der Waals surface area contributed by atoms with Crippen LogP contribution in [0.5, 0.6) is 5.75 Å². The second-order valence-electron chi connectivity index (χ2n) is 6.80. The van der Waals surface area contributed by atoms with Crippen molar-refractivity contribution in [2.24, 2.45) is 7.05 Å². The monoisotopic (exact) mass is 352 g/mol. The molecule has 3 heterocycles. The van der Waals surface area contributed by atoms with Gasteiger partial charge in [0.25, 0.3) is 0 Å². The Bertz CT molecular complexity index is 878. The van der Waals surface area contributed by atoms with E-state index in [1.165, 1.54) is 5.56 Å². The molecule has 0 spiro atoms. The van der Waals surface area contributed by atoms with E-state index in [1.807, 2.05) is 49.5 Å². The lowest BCUT2D eigenvalue weighted by Gasteiger charge is -2.13. The zero-order valence-corrected chi connectivity index (χ0v) is 15.3. The molecule has 6 heteroatoms. The molecule has 0 aliphatic carbocycles. The summed E-state index contributed by atoms with van der Waals surface area (Å²) in [4.78, 5) is 4.33. The highest BCUT2D eigenvalue weighted by molar-refractivity contribution is 5.60. The van der Waals surface area contributed by atoms with Crippen LogP contribution < -0.4 is 4.74 Å². The van der Waals surface area contributed by atoms with Gasteiger partial charge in [0, 0.05) is 32.0 Å². The first-order valence-electron chi connectivity index (χ1n) is 9.03. The third-order valence-electron chi connectivity index (χ3n) is 4.71. The van der Waals surface area contributed by atoms with Crippen LogP contribution in [0.1, 0.15) is 24.1 Å². The Hall–Kier alpha value is -2.60. The molecule has 6 nitrogen and oxygen atoms in total. The molecular formula is C20H24N4O2. The summed E-state index contributed by atoms with van der Waals surface area (Å²) < 4.78 is 15.5. The van der Waals surface area contributed by atoms with Crippen molar-refractivity contribution in [1.82, 2.24) is 19.3 Å². The van der Waals surface area contributed by atoms with Crippen LogP contribution in [0.4, 0.5) is 0 Å². The fraction of sp³-hybridized carbons (Fsp3) is 0.400. The fourth-order valence-corrected chi connectivity index (χ4v) is 3.42. The van der Waals surface area contributed by atoms with Crippen molar-refractivity contribution in [3.8, 4) is 17.0 Å². The van der Waals surface area contributed by atoms with E-state index in [4.69, 9.17) is 9.47 Å². The molecule has 1 aliphatic rings. The number of imidazole rings is 1. The van der Waals surface area contributed by atoms with Crippen molar-refractivity contribution >= 4 is 0 Å². The first-order chi connectivity index (χ1) is 12.7. The molecular weight excluding hydrogens is 328 g/mol. The third kappa shape index (κ3) is 3.65. The van der Waals surface area contributed by atoms with Gasteiger partial charge in [0.1, 0.15) is 12.4 Å². The van der Waals surface area contributed by atoms with Crippen molar-refractivity contribution in [2.45, 2.75) is 32.4 Å². The Morgan fingerprint density at radius 1 is 1.35 bits per heavy atom. The fourth-order valence-electron chi connectivity index (χ4n) is 3.42. The number of aromatic nitrogens is 4. The van der Waals surface area contributed by atoms with Gasteiger partial charge in [0.05, 0.1) is 30.0 Å². The highest BCUT2D eigenvalue weighted by Gasteiger charge is 2.16. The Morgan fingerprint density at radius 2 is 2.27 bits per heavy atom.